The molecule has 190 valence electrons. The molecule has 2 saturated heterocycles. The van der Waals surface area contributed by atoms with Gasteiger partial charge < -0.3 is 19.9 Å². The fraction of sp³-hybridized carbons (Fsp3) is 0.467. The fourth-order valence-corrected chi connectivity index (χ4v) is 5.69. The summed E-state index contributed by atoms with van der Waals surface area (Å²) in [5.74, 6) is 0.282. The molecular formula is C30H37N3O3. The molecule has 2 heterocycles. The summed E-state index contributed by atoms with van der Waals surface area (Å²) in [4.78, 5) is 30.5. The third kappa shape index (κ3) is 5.81. The van der Waals surface area contributed by atoms with Gasteiger partial charge in [-0.3, -0.25) is 9.59 Å². The van der Waals surface area contributed by atoms with E-state index in [1.165, 1.54) is 18.4 Å². The van der Waals surface area contributed by atoms with Crippen LogP contribution in [0.1, 0.15) is 65.6 Å². The third-order valence-electron chi connectivity index (χ3n) is 7.64. The van der Waals surface area contributed by atoms with Crippen LogP contribution in [0.3, 0.4) is 0 Å². The number of carbonyl (C=O) groups excluding carboxylic acids is 2. The number of rotatable bonds is 7. The third-order valence-corrected chi connectivity index (χ3v) is 7.64. The quantitative estimate of drug-likeness (QED) is 0.583. The maximum Gasteiger partial charge on any atom is 0.289 e. The van der Waals surface area contributed by atoms with Gasteiger partial charge in [0.25, 0.3) is 11.8 Å². The molecule has 2 unspecified atom stereocenters. The fourth-order valence-electron chi connectivity index (χ4n) is 5.69. The van der Waals surface area contributed by atoms with Crippen LogP contribution < -0.4 is 5.32 Å². The van der Waals surface area contributed by atoms with Gasteiger partial charge in [-0.2, -0.15) is 0 Å². The van der Waals surface area contributed by atoms with Gasteiger partial charge in [-0.05, 0) is 81.5 Å². The van der Waals surface area contributed by atoms with E-state index in [9.17, 15) is 9.59 Å². The van der Waals surface area contributed by atoms with E-state index in [4.69, 9.17) is 4.74 Å². The minimum absolute atomic E-state index is 0.0353. The molecule has 6 nitrogen and oxygen atoms in total. The van der Waals surface area contributed by atoms with Crippen LogP contribution in [-0.4, -0.2) is 59.9 Å². The molecule has 0 spiro atoms. The number of likely N-dealkylation sites (tertiary alicyclic amines) is 1. The molecule has 2 aromatic rings. The largest absolute Gasteiger partial charge is 0.482 e. The summed E-state index contributed by atoms with van der Waals surface area (Å²) >= 11 is 0. The maximum atomic E-state index is 13.5. The first-order valence-corrected chi connectivity index (χ1v) is 13.4. The van der Waals surface area contributed by atoms with Crippen LogP contribution in [0.15, 0.2) is 54.3 Å². The van der Waals surface area contributed by atoms with Crippen molar-refractivity contribution < 1.29 is 14.3 Å². The number of morpholine rings is 1. The normalized spacial score (nSPS) is 23.4. The van der Waals surface area contributed by atoms with Gasteiger partial charge in [-0.15, -0.1) is 0 Å². The van der Waals surface area contributed by atoms with Crippen LogP contribution in [0.2, 0.25) is 0 Å². The van der Waals surface area contributed by atoms with Gasteiger partial charge in [-0.25, -0.2) is 0 Å². The number of ether oxygens (including phenoxy) is 1. The molecule has 1 N–H and O–H groups in total. The summed E-state index contributed by atoms with van der Waals surface area (Å²) in [7, 11) is 0. The minimum atomic E-state index is -0.0623. The lowest BCUT2D eigenvalue weighted by molar-refractivity contribution is -0.149. The summed E-state index contributed by atoms with van der Waals surface area (Å²) < 4.78 is 6.26. The van der Waals surface area contributed by atoms with Crippen molar-refractivity contribution in [2.75, 3.05) is 26.2 Å². The Balaban J connectivity index is 1.27. The van der Waals surface area contributed by atoms with Crippen molar-refractivity contribution in [3.63, 3.8) is 0 Å². The molecule has 6 heteroatoms. The number of nitrogens with zero attached hydrogens (tertiary/aromatic N) is 2. The Hall–Kier alpha value is -3.12. The summed E-state index contributed by atoms with van der Waals surface area (Å²) in [5, 5.41) is 3.02. The van der Waals surface area contributed by atoms with E-state index in [0.717, 1.165) is 56.4 Å². The molecule has 36 heavy (non-hydrogen) atoms. The average Bonchev–Trinajstić information content (AvgIpc) is 3.40. The summed E-state index contributed by atoms with van der Waals surface area (Å²) in [6.07, 6.45) is 8.57. The zero-order valence-corrected chi connectivity index (χ0v) is 21.2. The number of hydrogen-bond donors (Lipinski definition) is 1. The minimum Gasteiger partial charge on any atom is -0.482 e. The van der Waals surface area contributed by atoms with Gasteiger partial charge in [0, 0.05) is 25.2 Å². The van der Waals surface area contributed by atoms with Gasteiger partial charge >= 0.3 is 0 Å². The Morgan fingerprint density at radius 2 is 1.83 bits per heavy atom. The highest BCUT2D eigenvalue weighted by Gasteiger charge is 2.41. The first kappa shape index (κ1) is 24.6. The van der Waals surface area contributed by atoms with E-state index in [0.29, 0.717) is 24.4 Å². The van der Waals surface area contributed by atoms with Gasteiger partial charge in [0.15, 0.2) is 5.76 Å². The van der Waals surface area contributed by atoms with E-state index < -0.39 is 0 Å². The molecule has 1 aliphatic carbocycles. The Kier molecular flexibility index (Phi) is 7.71. The van der Waals surface area contributed by atoms with E-state index in [1.54, 1.807) is 0 Å². The molecule has 3 fully saturated rings. The van der Waals surface area contributed by atoms with Crippen molar-refractivity contribution >= 4 is 17.9 Å². The number of nitrogens with one attached hydrogen (secondary N) is 1. The molecule has 0 bridgehead atoms. The number of benzene rings is 2. The van der Waals surface area contributed by atoms with E-state index in [2.05, 4.69) is 41.4 Å². The molecular weight excluding hydrogens is 450 g/mol. The Morgan fingerprint density at radius 1 is 1.06 bits per heavy atom. The van der Waals surface area contributed by atoms with Gasteiger partial charge in [0.1, 0.15) is 6.10 Å². The van der Waals surface area contributed by atoms with Crippen molar-refractivity contribution in [3.8, 4) is 0 Å². The predicted octanol–water partition coefficient (Wildman–Crippen LogP) is 4.53. The van der Waals surface area contributed by atoms with Crippen LogP contribution in [-0.2, 0) is 16.1 Å². The van der Waals surface area contributed by atoms with Gasteiger partial charge in [0.2, 0.25) is 0 Å². The maximum absolute atomic E-state index is 13.5. The number of aryl methyl sites for hydroxylation is 1. The van der Waals surface area contributed by atoms with Crippen LogP contribution >= 0.6 is 0 Å². The topological polar surface area (TPSA) is 61.9 Å². The van der Waals surface area contributed by atoms with Gasteiger partial charge in [0.05, 0.1) is 6.04 Å². The highest BCUT2D eigenvalue weighted by Crippen LogP contribution is 2.34. The van der Waals surface area contributed by atoms with Crippen molar-refractivity contribution in [2.24, 2.45) is 0 Å². The van der Waals surface area contributed by atoms with Crippen molar-refractivity contribution in [2.45, 2.75) is 64.1 Å². The second-order valence-electron chi connectivity index (χ2n) is 10.4. The first-order chi connectivity index (χ1) is 17.6. The Morgan fingerprint density at radius 3 is 2.61 bits per heavy atom. The van der Waals surface area contributed by atoms with E-state index in [-0.39, 0.29) is 24.0 Å². The second kappa shape index (κ2) is 11.3. The van der Waals surface area contributed by atoms with Crippen molar-refractivity contribution in [1.82, 2.24) is 15.1 Å². The van der Waals surface area contributed by atoms with E-state index in [1.807, 2.05) is 35.2 Å². The molecule has 1 saturated carbocycles. The Labute approximate surface area is 214 Å². The molecule has 2 amide bonds. The lowest BCUT2D eigenvalue weighted by atomic mass is 9.89. The monoisotopic (exact) mass is 487 g/mol. The lowest BCUT2D eigenvalue weighted by Crippen LogP contribution is -2.54. The smallest absolute Gasteiger partial charge is 0.289 e. The number of amides is 2. The zero-order valence-electron chi connectivity index (χ0n) is 21.2. The molecule has 0 radical (unpaired) electrons. The molecule has 0 aromatic heterocycles. The first-order valence-electron chi connectivity index (χ1n) is 13.4. The number of fused-ring (bicyclic) bond motifs is 1. The van der Waals surface area contributed by atoms with Crippen LogP contribution in [0.5, 0.6) is 0 Å². The standard InChI is InChI=1S/C30H37N3O3/c1-22-7-6-8-24(19-22)21-33-26-9-2-3-10-27(26)36-28(30(33)35)20-23-11-13-25(14-12-23)29(34)31-15-18-32-16-4-5-17-32/h6-8,11-14,19-20,26-27H,2-5,9-10,15-18,21H2,1H3,(H,31,34)/b28-20+. The molecule has 3 aliphatic rings. The number of hydrogen-bond acceptors (Lipinski definition) is 4. The second-order valence-corrected chi connectivity index (χ2v) is 10.4. The lowest BCUT2D eigenvalue weighted by Gasteiger charge is -2.44. The highest BCUT2D eigenvalue weighted by atomic mass is 16.5. The predicted molar refractivity (Wildman–Crippen MR) is 141 cm³/mol. The summed E-state index contributed by atoms with van der Waals surface area (Å²) in [6.45, 7) is 6.49. The van der Waals surface area contributed by atoms with Crippen LogP contribution in [0, 0.1) is 6.92 Å². The van der Waals surface area contributed by atoms with Crippen LogP contribution in [0.4, 0.5) is 0 Å². The van der Waals surface area contributed by atoms with Crippen molar-refractivity contribution in [1.29, 1.82) is 0 Å². The summed E-state index contributed by atoms with van der Waals surface area (Å²) in [6, 6.07) is 15.9. The van der Waals surface area contributed by atoms with E-state index >= 15 is 0 Å². The molecule has 2 aliphatic heterocycles. The molecule has 2 aromatic carbocycles. The van der Waals surface area contributed by atoms with Gasteiger partial charge in [-0.1, -0.05) is 48.4 Å². The van der Waals surface area contributed by atoms with Crippen LogP contribution in [0.25, 0.3) is 6.08 Å². The SMILES string of the molecule is Cc1cccc(CN2C(=O)/C(=C\c3ccc(C(=O)NCCN4CCCC4)cc3)OC3CCCCC32)c1. The number of carbonyl (C=O) groups is 2. The Bertz CT molecular complexity index is 1100. The average molecular weight is 488 g/mol. The molecule has 2 atom stereocenters. The summed E-state index contributed by atoms with van der Waals surface area (Å²) in [5.41, 5.74) is 3.83. The van der Waals surface area contributed by atoms with Crippen molar-refractivity contribution in [3.05, 3.63) is 76.5 Å². The highest BCUT2D eigenvalue weighted by molar-refractivity contribution is 5.97. The zero-order chi connectivity index (χ0) is 24.9. The molecule has 5 rings (SSSR count).